The summed E-state index contributed by atoms with van der Waals surface area (Å²) in [5.74, 6) is -0.347. The highest BCUT2D eigenvalue weighted by molar-refractivity contribution is 5.82. The zero-order valence-electron chi connectivity index (χ0n) is 12.6. The lowest BCUT2D eigenvalue weighted by molar-refractivity contribution is -0.159. The molecule has 0 bridgehead atoms. The maximum Gasteiger partial charge on any atom is 0.245 e. The molecule has 0 atom stereocenters. The van der Waals surface area contributed by atoms with Crippen molar-refractivity contribution in [3.8, 4) is 5.75 Å². The Morgan fingerprint density at radius 2 is 2.09 bits per heavy atom. The molecule has 6 heteroatoms. The van der Waals surface area contributed by atoms with E-state index in [1.165, 1.54) is 0 Å². The third-order valence-corrected chi connectivity index (χ3v) is 3.03. The van der Waals surface area contributed by atoms with E-state index < -0.39 is 5.79 Å². The number of nitrogens with one attached hydrogen (secondary N) is 1. The molecule has 1 amide bonds. The van der Waals surface area contributed by atoms with Crippen LogP contribution in [-0.2, 0) is 14.3 Å². The van der Waals surface area contributed by atoms with Crippen molar-refractivity contribution in [1.82, 2.24) is 5.43 Å². The minimum Gasteiger partial charge on any atom is -0.490 e. The molecule has 1 heterocycles. The first-order chi connectivity index (χ1) is 10.6. The van der Waals surface area contributed by atoms with Gasteiger partial charge in [-0.2, -0.15) is 5.10 Å². The predicted molar refractivity (Wildman–Crippen MR) is 82.8 cm³/mol. The largest absolute Gasteiger partial charge is 0.490 e. The maximum atomic E-state index is 11.8. The Bertz CT molecular complexity index is 534. The van der Waals surface area contributed by atoms with Gasteiger partial charge in [-0.25, -0.2) is 5.43 Å². The van der Waals surface area contributed by atoms with Crippen LogP contribution in [0.1, 0.15) is 18.9 Å². The fourth-order valence-corrected chi connectivity index (χ4v) is 1.97. The van der Waals surface area contributed by atoms with E-state index >= 15 is 0 Å². The van der Waals surface area contributed by atoms with Gasteiger partial charge in [-0.05, 0) is 36.8 Å². The predicted octanol–water partition coefficient (Wildman–Crippen LogP) is 1.85. The fourth-order valence-electron chi connectivity index (χ4n) is 1.97. The van der Waals surface area contributed by atoms with Gasteiger partial charge in [-0.15, -0.1) is 0 Å². The van der Waals surface area contributed by atoms with E-state index in [0.717, 1.165) is 11.3 Å². The number of benzene rings is 1. The highest BCUT2D eigenvalue weighted by Crippen LogP contribution is 2.22. The molecule has 0 radical (unpaired) electrons. The first kappa shape index (κ1) is 16.2. The van der Waals surface area contributed by atoms with E-state index in [0.29, 0.717) is 19.8 Å². The van der Waals surface area contributed by atoms with Crippen LogP contribution in [0.5, 0.6) is 5.75 Å². The topological polar surface area (TPSA) is 69.2 Å². The van der Waals surface area contributed by atoms with Crippen LogP contribution >= 0.6 is 0 Å². The summed E-state index contributed by atoms with van der Waals surface area (Å²) in [6, 6.07) is 7.35. The first-order valence-corrected chi connectivity index (χ1v) is 7.05. The van der Waals surface area contributed by atoms with Gasteiger partial charge < -0.3 is 14.2 Å². The van der Waals surface area contributed by atoms with Gasteiger partial charge in [0, 0.05) is 0 Å². The second-order valence-electron chi connectivity index (χ2n) is 4.97. The highest BCUT2D eigenvalue weighted by atomic mass is 16.7. The first-order valence-electron chi connectivity index (χ1n) is 7.05. The Morgan fingerprint density at radius 3 is 2.73 bits per heavy atom. The van der Waals surface area contributed by atoms with Gasteiger partial charge in [0.2, 0.25) is 5.91 Å². The van der Waals surface area contributed by atoms with Gasteiger partial charge in [-0.3, -0.25) is 4.79 Å². The molecule has 0 unspecified atom stereocenters. The lowest BCUT2D eigenvalue weighted by Crippen LogP contribution is -2.33. The van der Waals surface area contributed by atoms with Crippen LogP contribution < -0.4 is 10.2 Å². The normalized spacial score (nSPS) is 16.6. The van der Waals surface area contributed by atoms with E-state index in [4.69, 9.17) is 14.2 Å². The van der Waals surface area contributed by atoms with Crippen molar-refractivity contribution >= 4 is 12.1 Å². The van der Waals surface area contributed by atoms with Gasteiger partial charge in [-0.1, -0.05) is 12.7 Å². The van der Waals surface area contributed by atoms with Crippen molar-refractivity contribution in [2.75, 3.05) is 19.8 Å². The van der Waals surface area contributed by atoms with Crippen LogP contribution in [0.4, 0.5) is 0 Å². The van der Waals surface area contributed by atoms with Crippen molar-refractivity contribution in [3.63, 3.8) is 0 Å². The number of hydrogen-bond donors (Lipinski definition) is 1. The summed E-state index contributed by atoms with van der Waals surface area (Å²) >= 11 is 0. The summed E-state index contributed by atoms with van der Waals surface area (Å²) in [5, 5.41) is 3.91. The number of nitrogens with zero attached hydrogens (tertiary/aromatic N) is 1. The molecule has 1 aliphatic heterocycles. The average Bonchev–Trinajstić information content (AvgIpc) is 2.92. The number of amides is 1. The summed E-state index contributed by atoms with van der Waals surface area (Å²) in [5.41, 5.74) is 3.31. The second-order valence-corrected chi connectivity index (χ2v) is 4.97. The van der Waals surface area contributed by atoms with Crippen LogP contribution in [0.2, 0.25) is 0 Å². The minimum atomic E-state index is -0.844. The van der Waals surface area contributed by atoms with Gasteiger partial charge in [0.15, 0.2) is 5.79 Å². The van der Waals surface area contributed by atoms with Crippen LogP contribution in [0, 0.1) is 0 Å². The summed E-state index contributed by atoms with van der Waals surface area (Å²) in [6.45, 7) is 6.81. The Kier molecular flexibility index (Phi) is 5.68. The molecule has 0 spiro atoms. The van der Waals surface area contributed by atoms with E-state index in [9.17, 15) is 4.79 Å². The van der Waals surface area contributed by atoms with Crippen molar-refractivity contribution < 1.29 is 19.0 Å². The van der Waals surface area contributed by atoms with Crippen LogP contribution in [0.3, 0.4) is 0 Å². The molecule has 1 saturated heterocycles. The summed E-state index contributed by atoms with van der Waals surface area (Å²) in [6.07, 6.45) is 3.36. The highest BCUT2D eigenvalue weighted by Gasteiger charge is 2.33. The Labute approximate surface area is 129 Å². The Balaban J connectivity index is 1.79. The lowest BCUT2D eigenvalue weighted by Gasteiger charge is -2.20. The molecular weight excluding hydrogens is 284 g/mol. The minimum absolute atomic E-state index is 0.110. The van der Waals surface area contributed by atoms with Gasteiger partial charge in [0.1, 0.15) is 12.4 Å². The third kappa shape index (κ3) is 4.98. The molecule has 118 valence electrons. The van der Waals surface area contributed by atoms with E-state index in [-0.39, 0.29) is 12.3 Å². The fraction of sp³-hybridized carbons (Fsp3) is 0.375. The molecule has 1 N–H and O–H groups in total. The number of carbonyl (C=O) groups is 1. The molecule has 0 aromatic heterocycles. The number of rotatable bonds is 7. The molecule has 0 aliphatic carbocycles. The van der Waals surface area contributed by atoms with E-state index in [1.54, 1.807) is 19.2 Å². The van der Waals surface area contributed by atoms with Gasteiger partial charge in [0.25, 0.3) is 0 Å². The zero-order valence-corrected chi connectivity index (χ0v) is 12.6. The van der Waals surface area contributed by atoms with Crippen LogP contribution in [0.15, 0.2) is 42.0 Å². The Morgan fingerprint density at radius 1 is 1.41 bits per heavy atom. The summed E-state index contributed by atoms with van der Waals surface area (Å²) in [7, 11) is 0. The monoisotopic (exact) mass is 304 g/mol. The third-order valence-electron chi connectivity index (χ3n) is 3.03. The SMILES string of the molecule is C=CCOc1ccc(/C=N\NC(=O)CC2(C)OCCO2)cc1. The number of carbonyl (C=O) groups excluding carboxylic acids is 1. The van der Waals surface area contributed by atoms with Crippen molar-refractivity contribution in [2.24, 2.45) is 5.10 Å². The number of ether oxygens (including phenoxy) is 3. The van der Waals surface area contributed by atoms with E-state index in [1.807, 2.05) is 24.3 Å². The molecule has 0 saturated carbocycles. The average molecular weight is 304 g/mol. The molecular formula is C16H20N2O4. The Hall–Kier alpha value is -2.18. The van der Waals surface area contributed by atoms with Gasteiger partial charge >= 0.3 is 0 Å². The summed E-state index contributed by atoms with van der Waals surface area (Å²) < 4.78 is 16.1. The van der Waals surface area contributed by atoms with E-state index in [2.05, 4.69) is 17.1 Å². The maximum absolute atomic E-state index is 11.8. The van der Waals surface area contributed by atoms with Gasteiger partial charge in [0.05, 0.1) is 25.8 Å². The zero-order chi connectivity index (χ0) is 15.8. The lowest BCUT2D eigenvalue weighted by atomic mass is 10.2. The molecule has 1 fully saturated rings. The number of hydrogen-bond acceptors (Lipinski definition) is 5. The molecule has 1 aromatic rings. The quantitative estimate of drug-likeness (QED) is 0.474. The van der Waals surface area contributed by atoms with Crippen LogP contribution in [0.25, 0.3) is 0 Å². The van der Waals surface area contributed by atoms with Crippen LogP contribution in [-0.4, -0.2) is 37.7 Å². The molecule has 1 aliphatic rings. The smallest absolute Gasteiger partial charge is 0.245 e. The standard InChI is InChI=1S/C16H20N2O4/c1-3-8-20-14-6-4-13(5-7-14)12-17-18-15(19)11-16(2)21-9-10-22-16/h3-7,12H,1,8-11H2,2H3,(H,18,19)/b17-12-. The molecule has 22 heavy (non-hydrogen) atoms. The van der Waals surface area contributed by atoms with Crippen molar-refractivity contribution in [2.45, 2.75) is 19.1 Å². The number of hydrazone groups is 1. The van der Waals surface area contributed by atoms with Crippen molar-refractivity contribution in [3.05, 3.63) is 42.5 Å². The molecule has 2 rings (SSSR count). The molecule has 1 aromatic carbocycles. The second kappa shape index (κ2) is 7.72. The summed E-state index contributed by atoms with van der Waals surface area (Å²) in [4.78, 5) is 11.8. The van der Waals surface area contributed by atoms with Crippen molar-refractivity contribution in [1.29, 1.82) is 0 Å². The molecule has 6 nitrogen and oxygen atoms in total.